The van der Waals surface area contributed by atoms with Crippen molar-refractivity contribution >= 4 is 45.8 Å². The Morgan fingerprint density at radius 1 is 1.31 bits per heavy atom. The Hall–Kier alpha value is -3.70. The maximum absolute atomic E-state index is 15.6. The molecule has 0 aliphatic carbocycles. The number of fused-ring (bicyclic) bond motifs is 1. The third-order valence-electron chi connectivity index (χ3n) is 6.26. The van der Waals surface area contributed by atoms with Crippen molar-refractivity contribution in [2.45, 2.75) is 26.5 Å². The van der Waals surface area contributed by atoms with Gasteiger partial charge in [0.25, 0.3) is 0 Å². The van der Waals surface area contributed by atoms with E-state index in [2.05, 4.69) is 5.32 Å². The molecule has 12 heteroatoms. The summed E-state index contributed by atoms with van der Waals surface area (Å²) in [7, 11) is 1.78. The summed E-state index contributed by atoms with van der Waals surface area (Å²) in [6.45, 7) is 3.07. The number of carbonyl (C=O) groups is 2. The lowest BCUT2D eigenvalue weighted by atomic mass is 10.00. The van der Waals surface area contributed by atoms with Crippen LogP contribution in [-0.2, 0) is 16.1 Å². The first-order valence-electron chi connectivity index (χ1n) is 10.9. The summed E-state index contributed by atoms with van der Waals surface area (Å²) in [5, 5.41) is 12.4. The number of rotatable bonds is 6. The lowest BCUT2D eigenvalue weighted by Crippen LogP contribution is -2.57. The number of esters is 1. The number of nitrogens with one attached hydrogen (secondary N) is 1. The number of nitrogens with zero attached hydrogens (tertiary/aromatic N) is 2. The molecule has 1 fully saturated rings. The van der Waals surface area contributed by atoms with Crippen LogP contribution in [0.15, 0.2) is 23.1 Å². The number of ether oxygens (including phenoxy) is 1. The highest BCUT2D eigenvalue weighted by Gasteiger charge is 2.33. The van der Waals surface area contributed by atoms with E-state index in [4.69, 9.17) is 22.1 Å². The number of benzene rings is 2. The molecule has 0 unspecified atom stereocenters. The largest absolute Gasteiger partial charge is 0.477 e. The minimum Gasteiger partial charge on any atom is -0.477 e. The third kappa shape index (κ3) is 4.14. The number of carboxylic acid groups (broad SMARTS) is 1. The number of hydrogen-bond acceptors (Lipinski definition) is 7. The first-order chi connectivity index (χ1) is 17.0. The number of halogens is 3. The van der Waals surface area contributed by atoms with Crippen LogP contribution in [0, 0.1) is 18.6 Å². The molecule has 0 saturated carbocycles. The van der Waals surface area contributed by atoms with Crippen LogP contribution in [0.25, 0.3) is 16.6 Å². The zero-order chi connectivity index (χ0) is 26.5. The Balaban J connectivity index is 2.12. The van der Waals surface area contributed by atoms with Crippen LogP contribution in [0.5, 0.6) is 0 Å². The van der Waals surface area contributed by atoms with Crippen LogP contribution in [0.4, 0.5) is 20.2 Å². The van der Waals surface area contributed by atoms with Gasteiger partial charge in [-0.15, -0.1) is 0 Å². The number of nitrogen functional groups attached to an aromatic ring is 1. The lowest BCUT2D eigenvalue weighted by Gasteiger charge is -2.41. The standard InChI is InChI=1S/C24H23ClF2N4O5/c1-10-18-21(19(25)22(20(10)27)30-6-13(7-30)29-3)31(8-14(23(18)33)24(34)35)17-5-16(28)15(26)4-12(17)9-36-11(2)32/h4-5,8,13,29H,6-7,9,28H2,1-3H3,(H,34,35). The highest BCUT2D eigenvalue weighted by atomic mass is 35.5. The second kappa shape index (κ2) is 9.40. The second-order valence-electron chi connectivity index (χ2n) is 8.55. The minimum absolute atomic E-state index is 0.0172. The predicted octanol–water partition coefficient (Wildman–Crippen LogP) is 2.98. The van der Waals surface area contributed by atoms with Gasteiger partial charge in [-0.3, -0.25) is 9.59 Å². The van der Waals surface area contributed by atoms with Gasteiger partial charge in [0.15, 0.2) is 5.82 Å². The van der Waals surface area contributed by atoms with Crippen molar-refractivity contribution in [3.05, 3.63) is 61.9 Å². The quantitative estimate of drug-likeness (QED) is 0.334. The van der Waals surface area contributed by atoms with E-state index in [1.807, 2.05) is 0 Å². The van der Waals surface area contributed by atoms with Gasteiger partial charge in [0.05, 0.1) is 33.0 Å². The van der Waals surface area contributed by atoms with Crippen molar-refractivity contribution in [1.29, 1.82) is 0 Å². The molecular formula is C24H23ClF2N4O5. The van der Waals surface area contributed by atoms with Gasteiger partial charge in [0.1, 0.15) is 18.0 Å². The fourth-order valence-electron chi connectivity index (χ4n) is 4.28. The Bertz CT molecular complexity index is 1480. The number of anilines is 2. The van der Waals surface area contributed by atoms with E-state index in [9.17, 15) is 23.9 Å². The zero-order valence-corrected chi connectivity index (χ0v) is 20.4. The number of likely N-dealkylation sites (N-methyl/N-ethyl adjacent to an activating group) is 1. The van der Waals surface area contributed by atoms with Crippen LogP contribution in [0.3, 0.4) is 0 Å². The molecule has 0 atom stereocenters. The molecule has 0 spiro atoms. The summed E-state index contributed by atoms with van der Waals surface area (Å²) in [6.07, 6.45) is 1.02. The number of nitrogens with two attached hydrogens (primary N) is 1. The SMILES string of the molecule is CNC1CN(c2c(F)c(C)c3c(=O)c(C(=O)O)cn(-c4cc(N)c(F)cc4COC(C)=O)c3c2Cl)C1. The predicted molar refractivity (Wildman–Crippen MR) is 131 cm³/mol. The van der Waals surface area contributed by atoms with Gasteiger partial charge < -0.3 is 30.4 Å². The minimum atomic E-state index is -1.55. The first kappa shape index (κ1) is 25.4. The van der Waals surface area contributed by atoms with Crippen LogP contribution in [-0.4, -0.2) is 47.8 Å². The Kier molecular flexibility index (Phi) is 6.63. The molecular weight excluding hydrogens is 498 g/mol. The maximum Gasteiger partial charge on any atom is 0.341 e. The second-order valence-corrected chi connectivity index (χ2v) is 8.92. The van der Waals surface area contributed by atoms with E-state index in [-0.39, 0.29) is 56.8 Å². The molecule has 2 aromatic carbocycles. The monoisotopic (exact) mass is 520 g/mol. The van der Waals surface area contributed by atoms with Crippen LogP contribution >= 0.6 is 11.6 Å². The van der Waals surface area contributed by atoms with E-state index in [0.717, 1.165) is 12.3 Å². The Labute approximate surface area is 209 Å². The van der Waals surface area contributed by atoms with Crippen molar-refractivity contribution in [3.63, 3.8) is 0 Å². The fraction of sp³-hybridized carbons (Fsp3) is 0.292. The molecule has 36 heavy (non-hydrogen) atoms. The van der Waals surface area contributed by atoms with Gasteiger partial charge in [-0.2, -0.15) is 0 Å². The topological polar surface area (TPSA) is 127 Å². The Morgan fingerprint density at radius 2 is 1.97 bits per heavy atom. The van der Waals surface area contributed by atoms with Gasteiger partial charge in [0.2, 0.25) is 5.43 Å². The summed E-state index contributed by atoms with van der Waals surface area (Å²) >= 11 is 6.73. The highest BCUT2D eigenvalue weighted by Crippen LogP contribution is 2.41. The van der Waals surface area contributed by atoms with Gasteiger partial charge >= 0.3 is 11.9 Å². The van der Waals surface area contributed by atoms with Crippen LogP contribution in [0.1, 0.15) is 28.4 Å². The summed E-state index contributed by atoms with van der Waals surface area (Å²) < 4.78 is 36.2. The molecule has 190 valence electrons. The summed E-state index contributed by atoms with van der Waals surface area (Å²) in [4.78, 5) is 38.2. The van der Waals surface area contributed by atoms with E-state index in [0.29, 0.717) is 13.1 Å². The highest BCUT2D eigenvalue weighted by molar-refractivity contribution is 6.38. The van der Waals surface area contributed by atoms with E-state index >= 15 is 4.39 Å². The van der Waals surface area contributed by atoms with Crippen LogP contribution in [0.2, 0.25) is 5.02 Å². The van der Waals surface area contributed by atoms with Gasteiger partial charge in [-0.1, -0.05) is 11.6 Å². The molecule has 3 aromatic rings. The maximum atomic E-state index is 15.6. The summed E-state index contributed by atoms with van der Waals surface area (Å²) in [5.74, 6) is -3.72. The van der Waals surface area contributed by atoms with Crippen molar-refractivity contribution in [1.82, 2.24) is 9.88 Å². The molecule has 1 aliphatic heterocycles. The van der Waals surface area contributed by atoms with E-state index < -0.39 is 34.6 Å². The summed E-state index contributed by atoms with van der Waals surface area (Å²) in [6, 6.07) is 2.36. The lowest BCUT2D eigenvalue weighted by molar-refractivity contribution is -0.142. The Morgan fingerprint density at radius 3 is 2.56 bits per heavy atom. The smallest absolute Gasteiger partial charge is 0.341 e. The molecule has 4 N–H and O–H groups in total. The molecule has 0 amide bonds. The van der Waals surface area contributed by atoms with Crippen molar-refractivity contribution in [3.8, 4) is 5.69 Å². The van der Waals surface area contributed by atoms with Crippen molar-refractivity contribution in [2.24, 2.45) is 0 Å². The average Bonchev–Trinajstić information content (AvgIpc) is 2.78. The molecule has 1 saturated heterocycles. The molecule has 0 bridgehead atoms. The molecule has 4 rings (SSSR count). The number of aromatic carboxylic acids is 1. The number of carbonyl (C=O) groups excluding carboxylic acids is 1. The van der Waals surface area contributed by atoms with Crippen LogP contribution < -0.4 is 21.4 Å². The molecule has 1 aromatic heterocycles. The van der Waals surface area contributed by atoms with Gasteiger partial charge in [-0.05, 0) is 26.1 Å². The molecule has 1 aliphatic rings. The third-order valence-corrected chi connectivity index (χ3v) is 6.62. The van der Waals surface area contributed by atoms with E-state index in [1.165, 1.54) is 24.5 Å². The number of pyridine rings is 1. The number of aryl methyl sites for hydroxylation is 1. The normalized spacial score (nSPS) is 13.7. The average molecular weight is 521 g/mol. The van der Waals surface area contributed by atoms with E-state index in [1.54, 1.807) is 11.9 Å². The fourth-order valence-corrected chi connectivity index (χ4v) is 4.66. The molecule has 9 nitrogen and oxygen atoms in total. The molecule has 0 radical (unpaired) electrons. The first-order valence-corrected chi connectivity index (χ1v) is 11.3. The van der Waals surface area contributed by atoms with Crippen molar-refractivity contribution < 1.29 is 28.2 Å². The zero-order valence-electron chi connectivity index (χ0n) is 19.6. The van der Waals surface area contributed by atoms with Gasteiger partial charge in [-0.25, -0.2) is 13.6 Å². The number of hydrogen-bond donors (Lipinski definition) is 3. The van der Waals surface area contributed by atoms with Gasteiger partial charge in [0, 0.05) is 43.4 Å². The number of aromatic nitrogens is 1. The van der Waals surface area contributed by atoms with Crippen molar-refractivity contribution in [2.75, 3.05) is 30.8 Å². The number of carboxylic acids is 1. The summed E-state index contributed by atoms with van der Waals surface area (Å²) in [5.41, 5.74) is 4.16. The molecule has 2 heterocycles.